The first kappa shape index (κ1) is 11.8. The lowest BCUT2D eigenvalue weighted by molar-refractivity contribution is 0.607. The Morgan fingerprint density at radius 2 is 1.80 bits per heavy atom. The minimum absolute atomic E-state index is 0.591. The quantitative estimate of drug-likeness (QED) is 0.809. The molecule has 2 N–H and O–H groups in total. The molecule has 0 atom stereocenters. The maximum atomic E-state index is 11.1. The predicted molar refractivity (Wildman–Crippen MR) is 63.7 cm³/mol. The van der Waals surface area contributed by atoms with E-state index in [2.05, 4.69) is 17.0 Å². The Morgan fingerprint density at radius 1 is 1.20 bits per heavy atom. The second kappa shape index (κ2) is 5.02. The van der Waals surface area contributed by atoms with E-state index in [1.54, 1.807) is 12.1 Å². The third kappa shape index (κ3) is 4.20. The van der Waals surface area contributed by atoms with E-state index in [1.165, 1.54) is 0 Å². The molecule has 1 aromatic carbocycles. The second-order valence-electron chi connectivity index (χ2n) is 3.35. The summed E-state index contributed by atoms with van der Waals surface area (Å²) in [6.45, 7) is 2.88. The first-order valence-electron chi connectivity index (χ1n) is 4.83. The lowest BCUT2D eigenvalue weighted by atomic mass is 10.2. The smallest absolute Gasteiger partial charge is 0.229 e. The summed E-state index contributed by atoms with van der Waals surface area (Å²) in [5.41, 5.74) is 1.40. The summed E-state index contributed by atoms with van der Waals surface area (Å²) in [7, 11) is -3.21. The summed E-state index contributed by atoms with van der Waals surface area (Å²) in [5.74, 6) is 0. The average Bonchev–Trinajstić information content (AvgIpc) is 2.14. The van der Waals surface area contributed by atoms with Gasteiger partial charge in [-0.1, -0.05) is 19.1 Å². The van der Waals surface area contributed by atoms with Crippen LogP contribution in [0.25, 0.3) is 0 Å². The lowest BCUT2D eigenvalue weighted by Gasteiger charge is -2.11. The molecule has 15 heavy (non-hydrogen) atoms. The first-order valence-corrected chi connectivity index (χ1v) is 6.73. The highest BCUT2D eigenvalue weighted by molar-refractivity contribution is 7.92. The summed E-state index contributed by atoms with van der Waals surface area (Å²) in [6, 6.07) is 7.25. The van der Waals surface area contributed by atoms with Gasteiger partial charge in [-0.3, -0.25) is 4.72 Å². The number of sulfonamides is 1. The molecule has 0 saturated heterocycles. The molecule has 0 fully saturated rings. The Hall–Kier alpha value is -1.23. The number of benzene rings is 1. The molecular weight excluding hydrogens is 212 g/mol. The van der Waals surface area contributed by atoms with Crippen molar-refractivity contribution in [2.75, 3.05) is 22.8 Å². The van der Waals surface area contributed by atoms with Crippen LogP contribution < -0.4 is 10.0 Å². The number of para-hydroxylation sites is 2. The number of hydrogen-bond acceptors (Lipinski definition) is 3. The van der Waals surface area contributed by atoms with Gasteiger partial charge < -0.3 is 5.32 Å². The van der Waals surface area contributed by atoms with E-state index < -0.39 is 10.0 Å². The van der Waals surface area contributed by atoms with Crippen LogP contribution in [0.4, 0.5) is 11.4 Å². The maximum absolute atomic E-state index is 11.1. The van der Waals surface area contributed by atoms with E-state index in [9.17, 15) is 8.42 Å². The molecule has 0 aliphatic heterocycles. The molecule has 1 aromatic rings. The van der Waals surface area contributed by atoms with Gasteiger partial charge in [0.2, 0.25) is 10.0 Å². The SMILES string of the molecule is CCCNc1ccccc1NS(C)(=O)=O. The van der Waals surface area contributed by atoms with Crippen LogP contribution >= 0.6 is 0 Å². The van der Waals surface area contributed by atoms with Crippen LogP contribution in [0.3, 0.4) is 0 Å². The van der Waals surface area contributed by atoms with Crippen LogP contribution in [0.1, 0.15) is 13.3 Å². The molecule has 0 saturated carbocycles. The Balaban J connectivity index is 2.86. The van der Waals surface area contributed by atoms with Gasteiger partial charge in [0.1, 0.15) is 0 Å². The molecule has 1 rings (SSSR count). The van der Waals surface area contributed by atoms with Crippen molar-refractivity contribution in [1.82, 2.24) is 0 Å². The topological polar surface area (TPSA) is 58.2 Å². The van der Waals surface area contributed by atoms with E-state index >= 15 is 0 Å². The van der Waals surface area contributed by atoms with Gasteiger partial charge in [0.05, 0.1) is 17.6 Å². The first-order chi connectivity index (χ1) is 7.03. The van der Waals surface area contributed by atoms with Crippen LogP contribution in [-0.2, 0) is 10.0 Å². The van der Waals surface area contributed by atoms with Crippen LogP contribution in [0.5, 0.6) is 0 Å². The zero-order chi connectivity index (χ0) is 11.3. The molecule has 0 unspecified atom stereocenters. The molecule has 5 heteroatoms. The molecule has 4 nitrogen and oxygen atoms in total. The Labute approximate surface area is 90.8 Å². The molecule has 0 aromatic heterocycles. The Bertz CT molecular complexity index is 415. The maximum Gasteiger partial charge on any atom is 0.229 e. The zero-order valence-electron chi connectivity index (χ0n) is 8.95. The van der Waals surface area contributed by atoms with Crippen molar-refractivity contribution in [1.29, 1.82) is 0 Å². The normalized spacial score (nSPS) is 11.1. The molecule has 0 bridgehead atoms. The fraction of sp³-hybridized carbons (Fsp3) is 0.400. The number of rotatable bonds is 5. The van der Waals surface area contributed by atoms with Crippen molar-refractivity contribution in [3.8, 4) is 0 Å². The average molecular weight is 228 g/mol. The minimum atomic E-state index is -3.21. The number of hydrogen-bond donors (Lipinski definition) is 2. The summed E-state index contributed by atoms with van der Waals surface area (Å²) in [4.78, 5) is 0. The Morgan fingerprint density at radius 3 is 2.33 bits per heavy atom. The van der Waals surface area contributed by atoms with Gasteiger partial charge >= 0.3 is 0 Å². The van der Waals surface area contributed by atoms with Crippen molar-refractivity contribution >= 4 is 21.4 Å². The Kier molecular flexibility index (Phi) is 3.96. The van der Waals surface area contributed by atoms with Gasteiger partial charge in [-0.15, -0.1) is 0 Å². The predicted octanol–water partition coefficient (Wildman–Crippen LogP) is 1.88. The summed E-state index contributed by atoms with van der Waals surface area (Å²) in [6.07, 6.45) is 2.14. The van der Waals surface area contributed by atoms with Crippen molar-refractivity contribution in [3.63, 3.8) is 0 Å². The van der Waals surface area contributed by atoms with E-state index in [1.807, 2.05) is 12.1 Å². The van der Waals surface area contributed by atoms with Crippen molar-refractivity contribution in [3.05, 3.63) is 24.3 Å². The van der Waals surface area contributed by atoms with Gasteiger partial charge in [0.25, 0.3) is 0 Å². The number of nitrogens with one attached hydrogen (secondary N) is 2. The van der Waals surface area contributed by atoms with E-state index in [0.717, 1.165) is 24.9 Å². The van der Waals surface area contributed by atoms with Gasteiger partial charge in [0, 0.05) is 6.54 Å². The van der Waals surface area contributed by atoms with Crippen LogP contribution in [0.2, 0.25) is 0 Å². The highest BCUT2D eigenvalue weighted by Crippen LogP contribution is 2.21. The molecule has 0 heterocycles. The third-order valence-electron chi connectivity index (χ3n) is 1.79. The van der Waals surface area contributed by atoms with Gasteiger partial charge in [-0.25, -0.2) is 8.42 Å². The van der Waals surface area contributed by atoms with Crippen molar-refractivity contribution in [2.24, 2.45) is 0 Å². The summed E-state index contributed by atoms with van der Waals surface area (Å²) in [5, 5.41) is 3.16. The standard InChI is InChI=1S/C10H16N2O2S/c1-3-8-11-9-6-4-5-7-10(9)12-15(2,13)14/h4-7,11-12H,3,8H2,1-2H3. The van der Waals surface area contributed by atoms with Crippen LogP contribution in [0.15, 0.2) is 24.3 Å². The van der Waals surface area contributed by atoms with Crippen LogP contribution in [-0.4, -0.2) is 21.2 Å². The van der Waals surface area contributed by atoms with Crippen molar-refractivity contribution in [2.45, 2.75) is 13.3 Å². The highest BCUT2D eigenvalue weighted by Gasteiger charge is 2.05. The fourth-order valence-corrected chi connectivity index (χ4v) is 1.76. The van der Waals surface area contributed by atoms with E-state index in [-0.39, 0.29) is 0 Å². The lowest BCUT2D eigenvalue weighted by Crippen LogP contribution is -2.12. The van der Waals surface area contributed by atoms with Gasteiger partial charge in [0.15, 0.2) is 0 Å². The minimum Gasteiger partial charge on any atom is -0.383 e. The molecule has 84 valence electrons. The summed E-state index contributed by atoms with van der Waals surface area (Å²) >= 11 is 0. The molecule has 0 radical (unpaired) electrons. The monoisotopic (exact) mass is 228 g/mol. The van der Waals surface area contributed by atoms with Crippen LogP contribution in [0, 0.1) is 0 Å². The highest BCUT2D eigenvalue weighted by atomic mass is 32.2. The van der Waals surface area contributed by atoms with Gasteiger partial charge in [-0.2, -0.15) is 0 Å². The van der Waals surface area contributed by atoms with Crippen molar-refractivity contribution < 1.29 is 8.42 Å². The zero-order valence-corrected chi connectivity index (χ0v) is 9.76. The molecule has 0 aliphatic rings. The largest absolute Gasteiger partial charge is 0.383 e. The molecule has 0 aliphatic carbocycles. The van der Waals surface area contributed by atoms with E-state index in [0.29, 0.717) is 5.69 Å². The number of anilines is 2. The summed E-state index contributed by atoms with van der Waals surface area (Å²) < 4.78 is 24.6. The third-order valence-corrected chi connectivity index (χ3v) is 2.38. The second-order valence-corrected chi connectivity index (χ2v) is 5.10. The van der Waals surface area contributed by atoms with Gasteiger partial charge in [-0.05, 0) is 18.6 Å². The molecule has 0 spiro atoms. The van der Waals surface area contributed by atoms with E-state index in [4.69, 9.17) is 0 Å². The molecule has 0 amide bonds. The molecular formula is C10H16N2O2S. The fourth-order valence-electron chi connectivity index (χ4n) is 1.19.